The summed E-state index contributed by atoms with van der Waals surface area (Å²) in [5.41, 5.74) is 2.14. The number of benzene rings is 1. The Kier molecular flexibility index (Phi) is 5.32. The zero-order valence-electron chi connectivity index (χ0n) is 15.3. The number of fused-ring (bicyclic) bond motifs is 1. The summed E-state index contributed by atoms with van der Waals surface area (Å²) in [6.07, 6.45) is 7.99. The lowest BCUT2D eigenvalue weighted by atomic mass is 9.96. The molecule has 2 atom stereocenters. The topological polar surface area (TPSA) is 57.7 Å². The molecule has 0 bridgehead atoms. The maximum atomic E-state index is 13.0. The van der Waals surface area contributed by atoms with E-state index in [0.717, 1.165) is 25.8 Å². The molecule has 7 heteroatoms. The van der Waals surface area contributed by atoms with E-state index in [1.807, 2.05) is 6.07 Å². The molecule has 27 heavy (non-hydrogen) atoms. The fourth-order valence-electron chi connectivity index (χ4n) is 4.58. The molecule has 2 fully saturated rings. The smallest absolute Gasteiger partial charge is 0.241 e. The average molecular weight is 409 g/mol. The SMILES string of the molecule is O=C1CN(CCC2=CCCCC2)[C@@H]2CS(=O)(=O)C[C@H]2N1c1cccc(Cl)c1. The van der Waals surface area contributed by atoms with Crippen LogP contribution in [0.5, 0.6) is 0 Å². The second-order valence-electron chi connectivity index (χ2n) is 7.78. The first-order chi connectivity index (χ1) is 12.9. The Morgan fingerprint density at radius 1 is 1.15 bits per heavy atom. The maximum absolute atomic E-state index is 13.0. The number of allylic oxidation sites excluding steroid dienone is 1. The molecule has 1 amide bonds. The Bertz CT molecular complexity index is 868. The summed E-state index contributed by atoms with van der Waals surface area (Å²) in [5.74, 6) is 0.101. The number of rotatable bonds is 4. The van der Waals surface area contributed by atoms with Gasteiger partial charge in [0, 0.05) is 23.3 Å². The molecule has 0 N–H and O–H groups in total. The average Bonchev–Trinajstić information content (AvgIpc) is 2.95. The highest BCUT2D eigenvalue weighted by Gasteiger charge is 2.49. The number of carbonyl (C=O) groups is 1. The van der Waals surface area contributed by atoms with Crippen LogP contribution in [0.2, 0.25) is 5.02 Å². The van der Waals surface area contributed by atoms with Gasteiger partial charge in [-0.2, -0.15) is 0 Å². The number of sulfone groups is 1. The predicted octanol–water partition coefficient (Wildman–Crippen LogP) is 3.04. The Labute approximate surface area is 165 Å². The lowest BCUT2D eigenvalue weighted by Crippen LogP contribution is -2.62. The highest BCUT2D eigenvalue weighted by Crippen LogP contribution is 2.33. The Morgan fingerprint density at radius 3 is 2.70 bits per heavy atom. The predicted molar refractivity (Wildman–Crippen MR) is 108 cm³/mol. The summed E-state index contributed by atoms with van der Waals surface area (Å²) in [5, 5.41) is 0.546. The summed E-state index contributed by atoms with van der Waals surface area (Å²) in [4.78, 5) is 16.7. The molecule has 2 heterocycles. The van der Waals surface area contributed by atoms with E-state index in [1.165, 1.54) is 18.4 Å². The molecule has 0 spiro atoms. The van der Waals surface area contributed by atoms with E-state index in [4.69, 9.17) is 11.6 Å². The normalized spacial score (nSPS) is 28.1. The molecule has 2 saturated heterocycles. The van der Waals surface area contributed by atoms with Crippen LogP contribution in [-0.2, 0) is 14.6 Å². The van der Waals surface area contributed by atoms with Gasteiger partial charge in [0.1, 0.15) is 0 Å². The summed E-state index contributed by atoms with van der Waals surface area (Å²) in [7, 11) is -3.16. The molecule has 1 aromatic rings. The maximum Gasteiger partial charge on any atom is 0.241 e. The van der Waals surface area contributed by atoms with Crippen molar-refractivity contribution in [2.75, 3.05) is 29.5 Å². The minimum Gasteiger partial charge on any atom is -0.306 e. The van der Waals surface area contributed by atoms with Gasteiger partial charge in [0.05, 0.1) is 24.1 Å². The van der Waals surface area contributed by atoms with Crippen LogP contribution < -0.4 is 4.90 Å². The number of carbonyl (C=O) groups excluding carboxylic acids is 1. The first-order valence-electron chi connectivity index (χ1n) is 9.63. The van der Waals surface area contributed by atoms with Crippen molar-refractivity contribution in [1.82, 2.24) is 4.90 Å². The van der Waals surface area contributed by atoms with Gasteiger partial charge >= 0.3 is 0 Å². The minimum absolute atomic E-state index is 0.0229. The zero-order valence-corrected chi connectivity index (χ0v) is 16.9. The van der Waals surface area contributed by atoms with Gasteiger partial charge in [0.2, 0.25) is 5.91 Å². The number of nitrogens with zero attached hydrogens (tertiary/aromatic N) is 2. The molecule has 1 aliphatic carbocycles. The zero-order chi connectivity index (χ0) is 19.0. The van der Waals surface area contributed by atoms with Crippen LogP contribution in [-0.4, -0.2) is 55.9 Å². The van der Waals surface area contributed by atoms with Crippen LogP contribution >= 0.6 is 11.6 Å². The van der Waals surface area contributed by atoms with Crippen molar-refractivity contribution in [2.45, 2.75) is 44.2 Å². The van der Waals surface area contributed by atoms with Gasteiger partial charge in [-0.05, 0) is 50.3 Å². The largest absolute Gasteiger partial charge is 0.306 e. The Balaban J connectivity index is 1.57. The van der Waals surface area contributed by atoms with E-state index in [-0.39, 0.29) is 36.0 Å². The number of amides is 1. The third-order valence-electron chi connectivity index (χ3n) is 5.89. The number of hydrogen-bond acceptors (Lipinski definition) is 4. The number of piperazine rings is 1. The highest BCUT2D eigenvalue weighted by molar-refractivity contribution is 7.91. The van der Waals surface area contributed by atoms with Gasteiger partial charge in [0.25, 0.3) is 0 Å². The molecule has 0 unspecified atom stereocenters. The second kappa shape index (κ2) is 7.57. The molecule has 146 valence electrons. The van der Waals surface area contributed by atoms with E-state index in [1.54, 1.807) is 23.1 Å². The molecule has 1 aromatic carbocycles. The van der Waals surface area contributed by atoms with E-state index in [9.17, 15) is 13.2 Å². The summed E-state index contributed by atoms with van der Waals surface area (Å²) >= 11 is 6.10. The van der Waals surface area contributed by atoms with Crippen molar-refractivity contribution >= 4 is 33.0 Å². The van der Waals surface area contributed by atoms with Gasteiger partial charge in [-0.1, -0.05) is 29.3 Å². The summed E-state index contributed by atoms with van der Waals surface area (Å²) in [6.45, 7) is 1.01. The molecule has 3 aliphatic rings. The molecule has 5 nitrogen and oxygen atoms in total. The van der Waals surface area contributed by atoms with Gasteiger partial charge in [-0.25, -0.2) is 8.42 Å². The van der Waals surface area contributed by atoms with Crippen LogP contribution in [0.15, 0.2) is 35.9 Å². The minimum atomic E-state index is -3.16. The number of hydrogen-bond donors (Lipinski definition) is 0. The molecular formula is C20H25ClN2O3S. The standard InChI is InChI=1S/C20H25ClN2O3S/c21-16-7-4-8-17(11-16)23-19-14-27(25,26)13-18(19)22(12-20(23)24)10-9-15-5-2-1-3-6-15/h4-5,7-8,11,18-19H,1-3,6,9-10,12-14H2/t18-,19-/m1/s1. The van der Waals surface area contributed by atoms with E-state index >= 15 is 0 Å². The van der Waals surface area contributed by atoms with Crippen LogP contribution in [0.3, 0.4) is 0 Å². The third kappa shape index (κ3) is 4.08. The highest BCUT2D eigenvalue weighted by atomic mass is 35.5. The van der Waals surface area contributed by atoms with E-state index < -0.39 is 9.84 Å². The lowest BCUT2D eigenvalue weighted by Gasteiger charge is -2.43. The third-order valence-corrected chi connectivity index (χ3v) is 7.83. The first kappa shape index (κ1) is 19.0. The Hall–Kier alpha value is -1.37. The van der Waals surface area contributed by atoms with E-state index in [0.29, 0.717) is 10.7 Å². The summed E-state index contributed by atoms with van der Waals surface area (Å²) < 4.78 is 24.8. The molecule has 0 saturated carbocycles. The molecule has 0 radical (unpaired) electrons. The van der Waals surface area contributed by atoms with Gasteiger partial charge in [-0.3, -0.25) is 9.69 Å². The second-order valence-corrected chi connectivity index (χ2v) is 10.4. The van der Waals surface area contributed by atoms with Crippen LogP contribution in [0.25, 0.3) is 0 Å². The van der Waals surface area contributed by atoms with Crippen molar-refractivity contribution in [3.05, 3.63) is 40.9 Å². The van der Waals surface area contributed by atoms with Gasteiger partial charge in [0.15, 0.2) is 9.84 Å². The monoisotopic (exact) mass is 408 g/mol. The van der Waals surface area contributed by atoms with Crippen LogP contribution in [0.4, 0.5) is 5.69 Å². The summed E-state index contributed by atoms with van der Waals surface area (Å²) in [6, 6.07) is 6.64. The fraction of sp³-hybridized carbons (Fsp3) is 0.550. The quantitative estimate of drug-likeness (QED) is 0.718. The van der Waals surface area contributed by atoms with Crippen molar-refractivity contribution in [2.24, 2.45) is 0 Å². The van der Waals surface area contributed by atoms with E-state index in [2.05, 4.69) is 11.0 Å². The van der Waals surface area contributed by atoms with Crippen LogP contribution in [0.1, 0.15) is 32.1 Å². The molecule has 2 aliphatic heterocycles. The van der Waals surface area contributed by atoms with Gasteiger partial charge in [-0.15, -0.1) is 0 Å². The van der Waals surface area contributed by atoms with Crippen molar-refractivity contribution < 1.29 is 13.2 Å². The van der Waals surface area contributed by atoms with Crippen molar-refractivity contribution in [1.29, 1.82) is 0 Å². The first-order valence-corrected chi connectivity index (χ1v) is 11.8. The van der Waals surface area contributed by atoms with Gasteiger partial charge < -0.3 is 4.90 Å². The van der Waals surface area contributed by atoms with Crippen molar-refractivity contribution in [3.8, 4) is 0 Å². The molecular weight excluding hydrogens is 384 g/mol. The fourth-order valence-corrected chi connectivity index (χ4v) is 6.75. The van der Waals surface area contributed by atoms with Crippen LogP contribution in [0, 0.1) is 0 Å². The van der Waals surface area contributed by atoms with Crippen molar-refractivity contribution in [3.63, 3.8) is 0 Å². The molecule has 4 rings (SSSR count). The number of halogens is 1. The number of anilines is 1. The lowest BCUT2D eigenvalue weighted by molar-refractivity contribution is -0.123. The molecule has 0 aromatic heterocycles. The Morgan fingerprint density at radius 2 is 1.96 bits per heavy atom.